The van der Waals surface area contributed by atoms with Gasteiger partial charge in [0, 0.05) is 36.1 Å². The quantitative estimate of drug-likeness (QED) is 0.616. The van der Waals surface area contributed by atoms with Gasteiger partial charge in [-0.2, -0.15) is 0 Å². The van der Waals surface area contributed by atoms with Crippen LogP contribution in [-0.2, 0) is 11.3 Å². The van der Waals surface area contributed by atoms with Gasteiger partial charge in [-0.25, -0.2) is 4.39 Å². The van der Waals surface area contributed by atoms with E-state index in [0.29, 0.717) is 36.8 Å². The first kappa shape index (κ1) is 20.6. The molecule has 0 aliphatic rings. The van der Waals surface area contributed by atoms with Crippen molar-refractivity contribution in [3.63, 3.8) is 0 Å². The van der Waals surface area contributed by atoms with Crippen molar-refractivity contribution in [1.29, 1.82) is 0 Å². The number of hydrogen-bond donors (Lipinski definition) is 2. The number of carbonyl (C=O) groups excluding carboxylic acids is 2. The van der Waals surface area contributed by atoms with Crippen molar-refractivity contribution in [3.8, 4) is 0 Å². The average Bonchev–Trinajstić information content (AvgIpc) is 3.03. The maximum atomic E-state index is 13.7. The van der Waals surface area contributed by atoms with Gasteiger partial charge in [-0.3, -0.25) is 9.59 Å². The zero-order valence-electron chi connectivity index (χ0n) is 17.0. The molecule has 1 aromatic heterocycles. The largest absolute Gasteiger partial charge is 0.351 e. The molecular weight excluding hydrogens is 369 g/mol. The molecule has 2 amide bonds. The Balaban J connectivity index is 2.02. The number of fused-ring (bicyclic) bond motifs is 1. The van der Waals surface area contributed by atoms with Crippen LogP contribution in [0.1, 0.15) is 43.2 Å². The molecule has 29 heavy (non-hydrogen) atoms. The lowest BCUT2D eigenvalue weighted by Gasteiger charge is -2.13. The minimum absolute atomic E-state index is 0.0709. The summed E-state index contributed by atoms with van der Waals surface area (Å²) >= 11 is 0. The Morgan fingerprint density at radius 3 is 2.59 bits per heavy atom. The van der Waals surface area contributed by atoms with Crippen molar-refractivity contribution in [2.75, 3.05) is 11.9 Å². The lowest BCUT2D eigenvalue weighted by atomic mass is 10.2. The number of nitrogens with one attached hydrogen (secondary N) is 2. The summed E-state index contributed by atoms with van der Waals surface area (Å²) in [4.78, 5) is 24.5. The standard InChI is InChI=1S/C23H26FN3O2/c1-4-22(28)26-19-8-9-20-17(11-19)12-21(23(29)25-13-15(2)3)27(20)14-16-6-5-7-18(24)10-16/h5-12,15H,4,13-14H2,1-3H3,(H,25,29)(H,26,28). The Bertz CT molecular complexity index is 1040. The molecule has 3 rings (SSSR count). The van der Waals surface area contributed by atoms with E-state index in [1.54, 1.807) is 13.0 Å². The molecule has 0 bridgehead atoms. The first-order chi connectivity index (χ1) is 13.9. The third kappa shape index (κ3) is 5.02. The number of hydrogen-bond acceptors (Lipinski definition) is 2. The average molecular weight is 395 g/mol. The Morgan fingerprint density at radius 1 is 1.10 bits per heavy atom. The van der Waals surface area contributed by atoms with Crippen LogP contribution in [0.25, 0.3) is 10.9 Å². The number of halogens is 1. The molecule has 0 saturated carbocycles. The number of benzene rings is 2. The summed E-state index contributed by atoms with van der Waals surface area (Å²) in [6.45, 7) is 6.79. The van der Waals surface area contributed by atoms with Crippen LogP contribution in [0.15, 0.2) is 48.5 Å². The van der Waals surface area contributed by atoms with E-state index in [1.165, 1.54) is 12.1 Å². The second-order valence-corrected chi connectivity index (χ2v) is 7.52. The molecule has 0 aliphatic heterocycles. The zero-order valence-corrected chi connectivity index (χ0v) is 17.0. The van der Waals surface area contributed by atoms with Crippen LogP contribution in [0.2, 0.25) is 0 Å². The van der Waals surface area contributed by atoms with E-state index in [-0.39, 0.29) is 17.6 Å². The van der Waals surface area contributed by atoms with Gasteiger partial charge in [0.1, 0.15) is 11.5 Å². The van der Waals surface area contributed by atoms with Crippen LogP contribution >= 0.6 is 0 Å². The maximum absolute atomic E-state index is 13.7. The maximum Gasteiger partial charge on any atom is 0.267 e. The molecule has 0 unspecified atom stereocenters. The van der Waals surface area contributed by atoms with Crippen LogP contribution in [-0.4, -0.2) is 22.9 Å². The van der Waals surface area contributed by atoms with Crippen LogP contribution in [0.5, 0.6) is 0 Å². The molecule has 0 aliphatic carbocycles. The number of aromatic nitrogens is 1. The van der Waals surface area contributed by atoms with E-state index in [1.807, 2.05) is 48.7 Å². The minimum Gasteiger partial charge on any atom is -0.351 e. The summed E-state index contributed by atoms with van der Waals surface area (Å²) in [7, 11) is 0. The van der Waals surface area contributed by atoms with E-state index in [9.17, 15) is 14.0 Å². The van der Waals surface area contributed by atoms with Crippen LogP contribution < -0.4 is 10.6 Å². The summed E-state index contributed by atoms with van der Waals surface area (Å²) in [6, 6.07) is 13.7. The molecule has 2 aromatic carbocycles. The molecule has 6 heteroatoms. The number of nitrogens with zero attached hydrogens (tertiary/aromatic N) is 1. The van der Waals surface area contributed by atoms with Gasteiger partial charge in [0.15, 0.2) is 0 Å². The highest BCUT2D eigenvalue weighted by atomic mass is 19.1. The van der Waals surface area contributed by atoms with Crippen LogP contribution in [0.4, 0.5) is 10.1 Å². The Hall–Kier alpha value is -3.15. The second kappa shape index (κ2) is 8.90. The van der Waals surface area contributed by atoms with Crippen molar-refractivity contribution in [2.24, 2.45) is 5.92 Å². The highest BCUT2D eigenvalue weighted by Crippen LogP contribution is 2.25. The van der Waals surface area contributed by atoms with Gasteiger partial charge in [0.05, 0.1) is 0 Å². The molecule has 1 heterocycles. The third-order valence-corrected chi connectivity index (χ3v) is 4.64. The van der Waals surface area contributed by atoms with Crippen molar-refractivity contribution in [2.45, 2.75) is 33.7 Å². The van der Waals surface area contributed by atoms with Gasteiger partial charge in [-0.15, -0.1) is 0 Å². The Morgan fingerprint density at radius 2 is 1.90 bits per heavy atom. The van der Waals surface area contributed by atoms with Crippen molar-refractivity contribution >= 4 is 28.4 Å². The van der Waals surface area contributed by atoms with Gasteiger partial charge >= 0.3 is 0 Å². The SMILES string of the molecule is CCC(=O)Nc1ccc2c(c1)cc(C(=O)NCC(C)C)n2Cc1cccc(F)c1. The summed E-state index contributed by atoms with van der Waals surface area (Å²) in [5, 5.41) is 6.63. The molecule has 5 nitrogen and oxygen atoms in total. The molecule has 0 spiro atoms. The molecule has 2 N–H and O–H groups in total. The lowest BCUT2D eigenvalue weighted by molar-refractivity contribution is -0.115. The van der Waals surface area contributed by atoms with Crippen molar-refractivity contribution in [3.05, 3.63) is 65.6 Å². The fourth-order valence-corrected chi connectivity index (χ4v) is 3.16. The molecule has 0 atom stereocenters. The van der Waals surface area contributed by atoms with E-state index < -0.39 is 0 Å². The molecule has 3 aromatic rings. The molecule has 152 valence electrons. The minimum atomic E-state index is -0.311. The topological polar surface area (TPSA) is 63.1 Å². The van der Waals surface area contributed by atoms with Crippen LogP contribution in [0, 0.1) is 11.7 Å². The molecule has 0 radical (unpaired) electrons. The zero-order chi connectivity index (χ0) is 21.0. The smallest absolute Gasteiger partial charge is 0.267 e. The van der Waals surface area contributed by atoms with Gasteiger partial charge in [-0.05, 0) is 47.9 Å². The van der Waals surface area contributed by atoms with Crippen LogP contribution in [0.3, 0.4) is 0 Å². The fraction of sp³-hybridized carbons (Fsp3) is 0.304. The summed E-state index contributed by atoms with van der Waals surface area (Å²) in [5.41, 5.74) is 2.80. The monoisotopic (exact) mass is 395 g/mol. The predicted molar refractivity (Wildman–Crippen MR) is 114 cm³/mol. The molecule has 0 saturated heterocycles. The molecular formula is C23H26FN3O2. The van der Waals surface area contributed by atoms with Gasteiger partial charge in [-0.1, -0.05) is 32.9 Å². The van der Waals surface area contributed by atoms with Crippen molar-refractivity contribution in [1.82, 2.24) is 9.88 Å². The predicted octanol–water partition coefficient (Wildman–Crippen LogP) is 4.56. The molecule has 0 fully saturated rings. The number of rotatable bonds is 7. The Kier molecular flexibility index (Phi) is 6.32. The highest BCUT2D eigenvalue weighted by molar-refractivity contribution is 6.00. The summed E-state index contributed by atoms with van der Waals surface area (Å²) in [5.74, 6) is -0.228. The van der Waals surface area contributed by atoms with Gasteiger partial charge in [0.25, 0.3) is 5.91 Å². The van der Waals surface area contributed by atoms with Gasteiger partial charge < -0.3 is 15.2 Å². The second-order valence-electron chi connectivity index (χ2n) is 7.52. The number of anilines is 1. The fourth-order valence-electron chi connectivity index (χ4n) is 3.16. The van der Waals surface area contributed by atoms with E-state index in [2.05, 4.69) is 10.6 Å². The summed E-state index contributed by atoms with van der Waals surface area (Å²) < 4.78 is 15.5. The third-order valence-electron chi connectivity index (χ3n) is 4.64. The first-order valence-corrected chi connectivity index (χ1v) is 9.83. The van der Waals surface area contributed by atoms with E-state index >= 15 is 0 Å². The van der Waals surface area contributed by atoms with E-state index in [4.69, 9.17) is 0 Å². The van der Waals surface area contributed by atoms with Gasteiger partial charge in [0.2, 0.25) is 5.91 Å². The first-order valence-electron chi connectivity index (χ1n) is 9.83. The number of amides is 2. The van der Waals surface area contributed by atoms with E-state index in [0.717, 1.165) is 16.5 Å². The van der Waals surface area contributed by atoms with Crippen molar-refractivity contribution < 1.29 is 14.0 Å². The lowest BCUT2D eigenvalue weighted by Crippen LogP contribution is -2.29. The normalized spacial score (nSPS) is 11.1. The summed E-state index contributed by atoms with van der Waals surface area (Å²) in [6.07, 6.45) is 0.390. The number of carbonyl (C=O) groups is 2. The highest BCUT2D eigenvalue weighted by Gasteiger charge is 2.17. The Labute approximate surface area is 169 Å².